The Labute approximate surface area is 247 Å². The average molecular weight is 621 g/mol. The zero-order valence-corrected chi connectivity index (χ0v) is 24.3. The predicted molar refractivity (Wildman–Crippen MR) is 151 cm³/mol. The standard InChI is InChI=1S/C29H31F3N4O6S/c1-3-4-20-5-7-21(8-6-20)17-33-27(37)25-18-35(26-14-13-24(28(38)39)19(2)34-26)15-16-36(25)43(40,41)23-11-9-22(10-12-23)42-29(30,31)32/h5-14,25H,3-4,15-18H2,1-2H3,(H,33,37)(H,38,39)/t25-/m1/s1. The van der Waals surface area contributed by atoms with Crippen LogP contribution in [-0.2, 0) is 27.8 Å². The molecule has 0 unspecified atom stereocenters. The fraction of sp³-hybridized carbons (Fsp3) is 0.345. The number of amides is 1. The summed E-state index contributed by atoms with van der Waals surface area (Å²) in [5, 5.41) is 12.1. The number of nitrogens with one attached hydrogen (secondary N) is 1. The number of nitrogens with zero attached hydrogens (tertiary/aromatic N) is 3. The molecule has 230 valence electrons. The van der Waals surface area contributed by atoms with Crippen molar-refractivity contribution in [1.29, 1.82) is 0 Å². The minimum atomic E-state index is -4.94. The summed E-state index contributed by atoms with van der Waals surface area (Å²) in [5.41, 5.74) is 2.24. The number of carboxylic acids is 1. The van der Waals surface area contributed by atoms with Gasteiger partial charge in [0.1, 0.15) is 17.6 Å². The molecular formula is C29H31F3N4O6S. The van der Waals surface area contributed by atoms with Crippen LogP contribution in [0.25, 0.3) is 0 Å². The first-order valence-corrected chi connectivity index (χ1v) is 14.9. The van der Waals surface area contributed by atoms with Crippen LogP contribution in [0.15, 0.2) is 65.6 Å². The van der Waals surface area contributed by atoms with E-state index in [-0.39, 0.29) is 42.3 Å². The number of aryl methyl sites for hydroxylation is 2. The van der Waals surface area contributed by atoms with E-state index in [0.717, 1.165) is 52.5 Å². The molecule has 0 bridgehead atoms. The molecule has 0 radical (unpaired) electrons. The molecule has 2 aromatic carbocycles. The van der Waals surface area contributed by atoms with E-state index in [2.05, 4.69) is 22.0 Å². The molecule has 0 spiro atoms. The minimum absolute atomic E-state index is 0.0159. The summed E-state index contributed by atoms with van der Waals surface area (Å²) in [7, 11) is -4.33. The Bertz CT molecular complexity index is 1560. The van der Waals surface area contributed by atoms with Crippen LogP contribution in [-0.4, -0.2) is 66.7 Å². The SMILES string of the molecule is CCCc1ccc(CNC(=O)[C@H]2CN(c3ccc(C(=O)O)c(C)n3)CCN2S(=O)(=O)c2ccc(OC(F)(F)F)cc2)cc1. The van der Waals surface area contributed by atoms with Gasteiger partial charge >= 0.3 is 12.3 Å². The van der Waals surface area contributed by atoms with Gasteiger partial charge in [-0.1, -0.05) is 37.6 Å². The van der Waals surface area contributed by atoms with E-state index in [1.807, 2.05) is 24.3 Å². The number of alkyl halides is 3. The number of halogens is 3. The van der Waals surface area contributed by atoms with Crippen molar-refractivity contribution in [2.24, 2.45) is 0 Å². The van der Waals surface area contributed by atoms with Crippen molar-refractivity contribution in [1.82, 2.24) is 14.6 Å². The Morgan fingerprint density at radius 1 is 1.02 bits per heavy atom. The van der Waals surface area contributed by atoms with E-state index in [1.165, 1.54) is 19.1 Å². The van der Waals surface area contributed by atoms with Crippen LogP contribution >= 0.6 is 0 Å². The highest BCUT2D eigenvalue weighted by atomic mass is 32.2. The summed E-state index contributed by atoms with van der Waals surface area (Å²) in [6.07, 6.45) is -3.03. The molecule has 1 saturated heterocycles. The number of anilines is 1. The lowest BCUT2D eigenvalue weighted by molar-refractivity contribution is -0.274. The number of piperazine rings is 1. The van der Waals surface area contributed by atoms with E-state index < -0.39 is 40.1 Å². The van der Waals surface area contributed by atoms with E-state index in [9.17, 15) is 36.3 Å². The van der Waals surface area contributed by atoms with Crippen molar-refractivity contribution < 1.29 is 41.0 Å². The molecule has 1 aliphatic rings. The normalized spacial score (nSPS) is 16.1. The van der Waals surface area contributed by atoms with E-state index >= 15 is 0 Å². The van der Waals surface area contributed by atoms with Crippen LogP contribution < -0.4 is 15.0 Å². The van der Waals surface area contributed by atoms with Crippen LogP contribution in [0.1, 0.15) is 40.5 Å². The smallest absolute Gasteiger partial charge is 0.478 e. The zero-order chi connectivity index (χ0) is 31.4. The number of aromatic nitrogens is 1. The van der Waals surface area contributed by atoms with Gasteiger partial charge in [0.15, 0.2) is 0 Å². The van der Waals surface area contributed by atoms with Gasteiger partial charge in [-0.3, -0.25) is 4.79 Å². The lowest BCUT2D eigenvalue weighted by Crippen LogP contribution is -2.60. The van der Waals surface area contributed by atoms with Crippen LogP contribution in [0.3, 0.4) is 0 Å². The molecule has 1 atom stereocenters. The summed E-state index contributed by atoms with van der Waals surface area (Å²) in [5.74, 6) is -1.93. The molecule has 1 aromatic heterocycles. The number of hydrogen-bond donors (Lipinski definition) is 2. The number of sulfonamides is 1. The van der Waals surface area contributed by atoms with E-state index in [1.54, 1.807) is 4.90 Å². The Hall–Kier alpha value is -4.17. The number of carbonyl (C=O) groups is 2. The first kappa shape index (κ1) is 31.8. The molecule has 14 heteroatoms. The van der Waals surface area contributed by atoms with E-state index in [0.29, 0.717) is 5.82 Å². The number of rotatable bonds is 10. The maximum absolute atomic E-state index is 13.7. The molecule has 0 aliphatic carbocycles. The summed E-state index contributed by atoms with van der Waals surface area (Å²) >= 11 is 0. The van der Waals surface area contributed by atoms with Gasteiger partial charge in [0.2, 0.25) is 15.9 Å². The highest BCUT2D eigenvalue weighted by Gasteiger charge is 2.41. The van der Waals surface area contributed by atoms with Crippen LogP contribution in [0, 0.1) is 6.92 Å². The number of benzene rings is 2. The Morgan fingerprint density at radius 2 is 1.67 bits per heavy atom. The fourth-order valence-electron chi connectivity index (χ4n) is 4.79. The van der Waals surface area contributed by atoms with E-state index in [4.69, 9.17) is 0 Å². The number of carbonyl (C=O) groups excluding carboxylic acids is 1. The highest BCUT2D eigenvalue weighted by molar-refractivity contribution is 7.89. The third-order valence-corrected chi connectivity index (χ3v) is 8.87. The van der Waals surface area contributed by atoms with Crippen LogP contribution in [0.2, 0.25) is 0 Å². The molecule has 4 rings (SSSR count). The number of aromatic carboxylic acids is 1. The van der Waals surface area contributed by atoms with Crippen molar-refractivity contribution in [2.45, 2.75) is 50.5 Å². The molecule has 3 aromatic rings. The summed E-state index contributed by atoms with van der Waals surface area (Å²) in [4.78, 5) is 30.7. The average Bonchev–Trinajstić information content (AvgIpc) is 2.95. The Balaban J connectivity index is 1.59. The molecule has 1 amide bonds. The fourth-order valence-corrected chi connectivity index (χ4v) is 6.36. The summed E-state index contributed by atoms with van der Waals surface area (Å²) in [6, 6.07) is 13.1. The molecule has 2 heterocycles. The quantitative estimate of drug-likeness (QED) is 0.346. The van der Waals surface area contributed by atoms with Gasteiger partial charge in [0.05, 0.1) is 16.2 Å². The van der Waals surface area contributed by atoms with Crippen molar-refractivity contribution in [3.63, 3.8) is 0 Å². The molecule has 0 saturated carbocycles. The van der Waals surface area contributed by atoms with Crippen LogP contribution in [0.5, 0.6) is 5.75 Å². The molecule has 10 nitrogen and oxygen atoms in total. The van der Waals surface area contributed by atoms with Crippen molar-refractivity contribution in [3.8, 4) is 5.75 Å². The van der Waals surface area contributed by atoms with Crippen LogP contribution in [0.4, 0.5) is 19.0 Å². The van der Waals surface area contributed by atoms with Gasteiger partial charge < -0.3 is 20.1 Å². The molecular weight excluding hydrogens is 589 g/mol. The lowest BCUT2D eigenvalue weighted by Gasteiger charge is -2.40. The van der Waals surface area contributed by atoms with Gasteiger partial charge in [-0.15, -0.1) is 13.2 Å². The third-order valence-electron chi connectivity index (χ3n) is 6.95. The second-order valence-electron chi connectivity index (χ2n) is 9.99. The molecule has 1 aliphatic heterocycles. The summed E-state index contributed by atoms with van der Waals surface area (Å²) < 4.78 is 70.0. The second-order valence-corrected chi connectivity index (χ2v) is 11.9. The lowest BCUT2D eigenvalue weighted by atomic mass is 10.1. The monoisotopic (exact) mass is 620 g/mol. The van der Waals surface area contributed by atoms with Gasteiger partial charge in [-0.25, -0.2) is 18.2 Å². The first-order chi connectivity index (χ1) is 20.3. The summed E-state index contributed by atoms with van der Waals surface area (Å²) in [6.45, 7) is 3.63. The molecule has 2 N–H and O–H groups in total. The Kier molecular flexibility index (Phi) is 9.60. The number of carboxylic acid groups (broad SMARTS) is 1. The first-order valence-electron chi connectivity index (χ1n) is 13.5. The molecule has 1 fully saturated rings. The maximum atomic E-state index is 13.7. The number of hydrogen-bond acceptors (Lipinski definition) is 7. The molecule has 43 heavy (non-hydrogen) atoms. The maximum Gasteiger partial charge on any atom is 0.573 e. The largest absolute Gasteiger partial charge is 0.573 e. The highest BCUT2D eigenvalue weighted by Crippen LogP contribution is 2.28. The van der Waals surface area contributed by atoms with Crippen molar-refractivity contribution in [3.05, 3.63) is 83.0 Å². The van der Waals surface area contributed by atoms with Gasteiger partial charge in [-0.05, 0) is 60.9 Å². The number of ether oxygens (including phenoxy) is 1. The van der Waals surface area contributed by atoms with Gasteiger partial charge in [0.25, 0.3) is 0 Å². The minimum Gasteiger partial charge on any atom is -0.478 e. The number of pyridine rings is 1. The van der Waals surface area contributed by atoms with Gasteiger partial charge in [-0.2, -0.15) is 4.31 Å². The topological polar surface area (TPSA) is 129 Å². The predicted octanol–water partition coefficient (Wildman–Crippen LogP) is 4.14. The Morgan fingerprint density at radius 3 is 2.26 bits per heavy atom. The second kappa shape index (κ2) is 13.0. The third kappa shape index (κ3) is 7.82. The zero-order valence-electron chi connectivity index (χ0n) is 23.5. The van der Waals surface area contributed by atoms with Crippen molar-refractivity contribution in [2.75, 3.05) is 24.5 Å². The van der Waals surface area contributed by atoms with Crippen molar-refractivity contribution >= 4 is 27.7 Å². The van der Waals surface area contributed by atoms with Gasteiger partial charge in [0, 0.05) is 26.2 Å².